The Labute approximate surface area is 146 Å². The van der Waals surface area contributed by atoms with E-state index in [1.54, 1.807) is 0 Å². The summed E-state index contributed by atoms with van der Waals surface area (Å²) >= 11 is 1.36. The van der Waals surface area contributed by atoms with Crippen LogP contribution in [0.25, 0.3) is 10.2 Å². The fourth-order valence-corrected chi connectivity index (χ4v) is 3.11. The molecule has 124 valence electrons. The van der Waals surface area contributed by atoms with E-state index in [2.05, 4.69) is 11.1 Å². The van der Waals surface area contributed by atoms with E-state index in [1.807, 2.05) is 57.9 Å². The lowest BCUT2D eigenvalue weighted by atomic mass is 9.90. The van der Waals surface area contributed by atoms with Gasteiger partial charge >= 0.3 is 7.12 Å². The molecule has 1 aromatic carbocycles. The van der Waals surface area contributed by atoms with Crippen molar-refractivity contribution in [2.45, 2.75) is 38.9 Å². The van der Waals surface area contributed by atoms with Crippen LogP contribution in [0, 0.1) is 11.3 Å². The predicted molar refractivity (Wildman–Crippen MR) is 95.1 cm³/mol. The smallest absolute Gasteiger partial charge is 0.486 e. The van der Waals surface area contributed by atoms with Crippen LogP contribution in [0.2, 0.25) is 0 Å². The lowest BCUT2D eigenvalue weighted by Gasteiger charge is -2.32. The fourth-order valence-electron chi connectivity index (χ4n) is 2.32. The maximum atomic E-state index is 8.89. The number of aromatic nitrogens is 1. The van der Waals surface area contributed by atoms with Gasteiger partial charge in [0.25, 0.3) is 0 Å². The van der Waals surface area contributed by atoms with Gasteiger partial charge in [0.15, 0.2) is 5.01 Å². The summed E-state index contributed by atoms with van der Waals surface area (Å²) in [7, 11) is -0.360. The molecule has 5 nitrogen and oxygen atoms in total. The van der Waals surface area contributed by atoms with E-state index in [0.717, 1.165) is 16.0 Å². The van der Waals surface area contributed by atoms with Gasteiger partial charge in [-0.2, -0.15) is 5.26 Å². The molecule has 2 aromatic rings. The molecule has 3 rings (SSSR count). The SMILES string of the molecule is CC1(C)OB(/C=C/COc2ccc3nc(C#N)sc3c2)OC1(C)C. The van der Waals surface area contributed by atoms with Crippen LogP contribution in [-0.2, 0) is 9.31 Å². The third kappa shape index (κ3) is 3.31. The Morgan fingerprint density at radius 3 is 2.67 bits per heavy atom. The average Bonchev–Trinajstić information content (AvgIpc) is 3.01. The Kier molecular flexibility index (Phi) is 4.39. The lowest BCUT2D eigenvalue weighted by molar-refractivity contribution is 0.00578. The first-order chi connectivity index (χ1) is 11.3. The highest BCUT2D eigenvalue weighted by atomic mass is 32.1. The van der Waals surface area contributed by atoms with Gasteiger partial charge in [0.05, 0.1) is 21.4 Å². The van der Waals surface area contributed by atoms with Gasteiger partial charge in [0.1, 0.15) is 18.4 Å². The number of rotatable bonds is 4. The standard InChI is InChI=1S/C17H19BN2O3S/c1-16(2)17(3,4)23-18(22-16)8-5-9-21-12-6-7-13-14(10-12)24-15(11-19)20-13/h5-8,10H,9H2,1-4H3/b8-5+. The Morgan fingerprint density at radius 2 is 2.00 bits per heavy atom. The van der Waals surface area contributed by atoms with Crippen molar-refractivity contribution in [2.75, 3.05) is 6.61 Å². The highest BCUT2D eigenvalue weighted by Crippen LogP contribution is 2.36. The minimum absolute atomic E-state index is 0.335. The zero-order valence-electron chi connectivity index (χ0n) is 14.2. The Bertz CT molecular complexity index is 807. The summed E-state index contributed by atoms with van der Waals surface area (Å²) in [5.74, 6) is 2.62. The minimum atomic E-state index is -0.360. The van der Waals surface area contributed by atoms with E-state index in [9.17, 15) is 0 Å². The van der Waals surface area contributed by atoms with Crippen molar-refractivity contribution in [1.29, 1.82) is 5.26 Å². The first-order valence-corrected chi connectivity index (χ1v) is 8.58. The van der Waals surface area contributed by atoms with Crippen LogP contribution in [0.15, 0.2) is 30.3 Å². The summed E-state index contributed by atoms with van der Waals surface area (Å²) in [6.45, 7) is 8.52. The van der Waals surface area contributed by atoms with Crippen molar-refractivity contribution in [2.24, 2.45) is 0 Å². The summed E-state index contributed by atoms with van der Waals surface area (Å²) in [6.07, 6.45) is 1.89. The molecule has 0 unspecified atom stereocenters. The van der Waals surface area contributed by atoms with Crippen LogP contribution in [0.3, 0.4) is 0 Å². The molecular formula is C17H19BN2O3S. The van der Waals surface area contributed by atoms with Crippen molar-refractivity contribution in [3.63, 3.8) is 0 Å². The largest absolute Gasteiger partial charge is 0.490 e. The van der Waals surface area contributed by atoms with Crippen LogP contribution in [0.1, 0.15) is 32.7 Å². The van der Waals surface area contributed by atoms with E-state index in [4.69, 9.17) is 19.3 Å². The molecule has 0 atom stereocenters. The number of nitrogens with zero attached hydrogens (tertiary/aromatic N) is 2. The average molecular weight is 342 g/mol. The molecule has 0 saturated carbocycles. The molecule has 0 amide bonds. The van der Waals surface area contributed by atoms with E-state index in [-0.39, 0.29) is 18.3 Å². The van der Waals surface area contributed by atoms with Gasteiger partial charge in [-0.15, -0.1) is 11.3 Å². The van der Waals surface area contributed by atoms with Crippen LogP contribution < -0.4 is 4.74 Å². The number of fused-ring (bicyclic) bond motifs is 1. The normalized spacial score (nSPS) is 19.0. The molecule has 1 fully saturated rings. The third-order valence-electron chi connectivity index (χ3n) is 4.37. The highest BCUT2D eigenvalue weighted by Gasteiger charge is 2.49. The van der Waals surface area contributed by atoms with Crippen molar-refractivity contribution in [3.8, 4) is 11.8 Å². The van der Waals surface area contributed by atoms with Crippen LogP contribution in [0.5, 0.6) is 5.75 Å². The molecule has 1 aliphatic rings. The number of hydrogen-bond acceptors (Lipinski definition) is 6. The molecule has 0 aliphatic carbocycles. The number of thiazole rings is 1. The van der Waals surface area contributed by atoms with Crippen LogP contribution >= 0.6 is 11.3 Å². The van der Waals surface area contributed by atoms with Gasteiger partial charge in [-0.1, -0.05) is 12.1 Å². The topological polar surface area (TPSA) is 64.4 Å². The highest BCUT2D eigenvalue weighted by molar-refractivity contribution is 7.19. The zero-order chi connectivity index (χ0) is 17.4. The second kappa shape index (κ2) is 6.21. The number of nitriles is 1. The molecule has 0 radical (unpaired) electrons. The van der Waals surface area contributed by atoms with Gasteiger partial charge in [-0.3, -0.25) is 0 Å². The molecule has 0 spiro atoms. The lowest BCUT2D eigenvalue weighted by Crippen LogP contribution is -2.41. The van der Waals surface area contributed by atoms with E-state index >= 15 is 0 Å². The van der Waals surface area contributed by atoms with Crippen LogP contribution in [0.4, 0.5) is 0 Å². The van der Waals surface area contributed by atoms with Crippen molar-refractivity contribution < 1.29 is 14.0 Å². The molecule has 1 saturated heterocycles. The van der Waals surface area contributed by atoms with Gasteiger partial charge in [0, 0.05) is 0 Å². The molecule has 1 aliphatic heterocycles. The first kappa shape index (κ1) is 17.0. The molecule has 7 heteroatoms. The quantitative estimate of drug-likeness (QED) is 0.792. The molecular weight excluding hydrogens is 323 g/mol. The summed E-state index contributed by atoms with van der Waals surface area (Å²) < 4.78 is 18.4. The summed E-state index contributed by atoms with van der Waals surface area (Å²) in [4.78, 5) is 4.20. The Morgan fingerprint density at radius 1 is 1.29 bits per heavy atom. The summed E-state index contributed by atoms with van der Waals surface area (Å²) in [6, 6.07) is 7.67. The van der Waals surface area contributed by atoms with Crippen LogP contribution in [-0.4, -0.2) is 29.9 Å². The second-order valence-electron chi connectivity index (χ2n) is 6.62. The van der Waals surface area contributed by atoms with Crippen molar-refractivity contribution in [1.82, 2.24) is 4.98 Å². The third-order valence-corrected chi connectivity index (χ3v) is 5.29. The molecule has 2 heterocycles. The monoisotopic (exact) mass is 342 g/mol. The number of benzene rings is 1. The fraction of sp³-hybridized carbons (Fsp3) is 0.412. The molecule has 0 bridgehead atoms. The maximum Gasteiger partial charge on any atom is 0.486 e. The predicted octanol–water partition coefficient (Wildman–Crippen LogP) is 3.73. The number of ether oxygens (including phenoxy) is 1. The first-order valence-electron chi connectivity index (χ1n) is 7.76. The second-order valence-corrected chi connectivity index (χ2v) is 7.65. The Balaban J connectivity index is 1.58. The summed E-state index contributed by atoms with van der Waals surface area (Å²) in [5, 5.41) is 9.35. The zero-order valence-corrected chi connectivity index (χ0v) is 15.0. The number of hydrogen-bond donors (Lipinski definition) is 0. The molecule has 0 N–H and O–H groups in total. The van der Waals surface area contributed by atoms with Gasteiger partial charge in [-0.05, 0) is 45.9 Å². The molecule has 24 heavy (non-hydrogen) atoms. The minimum Gasteiger partial charge on any atom is -0.490 e. The van der Waals surface area contributed by atoms with Gasteiger partial charge in [0.2, 0.25) is 0 Å². The van der Waals surface area contributed by atoms with E-state index in [0.29, 0.717) is 11.6 Å². The summed E-state index contributed by atoms with van der Waals surface area (Å²) in [5.41, 5.74) is 0.147. The Hall–Kier alpha value is -1.88. The van der Waals surface area contributed by atoms with E-state index in [1.165, 1.54) is 11.3 Å². The maximum absolute atomic E-state index is 8.89. The van der Waals surface area contributed by atoms with Crippen molar-refractivity contribution in [3.05, 3.63) is 35.3 Å². The van der Waals surface area contributed by atoms with Gasteiger partial charge < -0.3 is 14.0 Å². The van der Waals surface area contributed by atoms with E-state index < -0.39 is 0 Å². The van der Waals surface area contributed by atoms with Gasteiger partial charge in [-0.25, -0.2) is 4.98 Å². The van der Waals surface area contributed by atoms with Crippen molar-refractivity contribution >= 4 is 28.7 Å². The molecule has 1 aromatic heterocycles.